The van der Waals surface area contributed by atoms with Gasteiger partial charge in [-0.05, 0) is 56.7 Å². The van der Waals surface area contributed by atoms with Gasteiger partial charge in [0.15, 0.2) is 0 Å². The van der Waals surface area contributed by atoms with Crippen LogP contribution in [0, 0.1) is 17.8 Å². The zero-order valence-electron chi connectivity index (χ0n) is 14.4. The molecule has 1 saturated carbocycles. The molecule has 2 aromatic heterocycles. The molecule has 128 valence electrons. The SMILES string of the molecule is CCSc1cccn2c(C(C)(C)NC(=O)C3C4CNC[C@@H]43)ncc12. The van der Waals surface area contributed by atoms with Crippen LogP contribution in [0.1, 0.15) is 26.6 Å². The Balaban J connectivity index is 1.59. The van der Waals surface area contributed by atoms with Gasteiger partial charge < -0.3 is 15.0 Å². The Morgan fingerprint density at radius 1 is 1.46 bits per heavy atom. The van der Waals surface area contributed by atoms with E-state index >= 15 is 0 Å². The van der Waals surface area contributed by atoms with Crippen LogP contribution < -0.4 is 10.6 Å². The van der Waals surface area contributed by atoms with Gasteiger partial charge >= 0.3 is 0 Å². The van der Waals surface area contributed by atoms with Crippen LogP contribution in [0.15, 0.2) is 29.4 Å². The Kier molecular flexibility index (Phi) is 3.84. The molecule has 3 atom stereocenters. The summed E-state index contributed by atoms with van der Waals surface area (Å²) in [4.78, 5) is 18.5. The molecule has 1 saturated heterocycles. The molecule has 3 heterocycles. The average molecular weight is 344 g/mol. The maximum atomic E-state index is 12.7. The van der Waals surface area contributed by atoms with Crippen molar-refractivity contribution in [3.8, 4) is 0 Å². The van der Waals surface area contributed by atoms with Crippen molar-refractivity contribution in [3.63, 3.8) is 0 Å². The number of carbonyl (C=O) groups is 1. The van der Waals surface area contributed by atoms with E-state index in [1.807, 2.05) is 44.1 Å². The summed E-state index contributed by atoms with van der Waals surface area (Å²) >= 11 is 1.81. The van der Waals surface area contributed by atoms with Gasteiger partial charge in [-0.3, -0.25) is 4.79 Å². The summed E-state index contributed by atoms with van der Waals surface area (Å²) in [5.74, 6) is 3.33. The monoisotopic (exact) mass is 344 g/mol. The summed E-state index contributed by atoms with van der Waals surface area (Å²) in [6.45, 7) is 8.18. The molecule has 2 unspecified atom stereocenters. The molecule has 5 nitrogen and oxygen atoms in total. The first kappa shape index (κ1) is 16.0. The second-order valence-corrected chi connectivity index (χ2v) is 8.57. The van der Waals surface area contributed by atoms with Gasteiger partial charge in [-0.2, -0.15) is 0 Å². The second-order valence-electron chi connectivity index (χ2n) is 7.27. The van der Waals surface area contributed by atoms with Crippen molar-refractivity contribution in [2.45, 2.75) is 31.2 Å². The van der Waals surface area contributed by atoms with Crippen molar-refractivity contribution in [2.24, 2.45) is 17.8 Å². The normalized spacial score (nSPS) is 25.7. The molecule has 2 aromatic rings. The van der Waals surface area contributed by atoms with Gasteiger partial charge in [-0.1, -0.05) is 6.92 Å². The Morgan fingerprint density at radius 2 is 2.21 bits per heavy atom. The Bertz CT molecular complexity index is 774. The minimum Gasteiger partial charge on any atom is -0.344 e. The molecule has 0 bridgehead atoms. The number of rotatable bonds is 5. The third-order valence-corrected chi connectivity index (χ3v) is 6.17. The molecule has 6 heteroatoms. The molecule has 0 spiro atoms. The van der Waals surface area contributed by atoms with Crippen LogP contribution in [0.2, 0.25) is 0 Å². The van der Waals surface area contributed by atoms with Crippen LogP contribution in [0.4, 0.5) is 0 Å². The van der Waals surface area contributed by atoms with Gasteiger partial charge in [0.2, 0.25) is 5.91 Å². The van der Waals surface area contributed by atoms with E-state index in [2.05, 4.69) is 33.0 Å². The topological polar surface area (TPSA) is 58.4 Å². The van der Waals surface area contributed by atoms with Gasteiger partial charge in [0.25, 0.3) is 0 Å². The molecule has 0 aromatic carbocycles. The van der Waals surface area contributed by atoms with Crippen LogP contribution >= 0.6 is 11.8 Å². The molecule has 0 radical (unpaired) electrons. The van der Waals surface area contributed by atoms with Crippen LogP contribution in [0.5, 0.6) is 0 Å². The number of nitrogens with one attached hydrogen (secondary N) is 2. The highest BCUT2D eigenvalue weighted by Gasteiger charge is 2.57. The first-order chi connectivity index (χ1) is 11.5. The van der Waals surface area contributed by atoms with Gasteiger partial charge in [0, 0.05) is 17.0 Å². The third kappa shape index (κ3) is 2.52. The molecule has 1 aliphatic carbocycles. The number of carbonyl (C=O) groups excluding carboxylic acids is 1. The number of hydrogen-bond donors (Lipinski definition) is 2. The zero-order chi connectivity index (χ0) is 16.9. The number of amides is 1. The summed E-state index contributed by atoms with van der Waals surface area (Å²) in [5, 5.41) is 6.58. The van der Waals surface area contributed by atoms with Crippen molar-refractivity contribution in [1.82, 2.24) is 20.0 Å². The largest absolute Gasteiger partial charge is 0.344 e. The van der Waals surface area contributed by atoms with Gasteiger partial charge in [-0.25, -0.2) is 4.98 Å². The van der Waals surface area contributed by atoms with E-state index in [1.54, 1.807) is 0 Å². The van der Waals surface area contributed by atoms with E-state index in [0.29, 0.717) is 11.8 Å². The fourth-order valence-corrected chi connectivity index (χ4v) is 4.78. The smallest absolute Gasteiger partial charge is 0.224 e. The molecule has 4 rings (SSSR count). The lowest BCUT2D eigenvalue weighted by Gasteiger charge is -2.26. The molecule has 1 aliphatic heterocycles. The molecule has 1 amide bonds. The second kappa shape index (κ2) is 5.77. The standard InChI is InChI=1S/C18H24N4OS/c1-4-24-14-6-5-7-22-13(14)10-20-17(22)18(2,3)21-16(23)15-11-8-19-9-12(11)15/h5-7,10-12,15,19H,4,8-9H2,1-3H3,(H,21,23)/t11-,12?,15?/m0/s1. The van der Waals surface area contributed by atoms with E-state index in [1.165, 1.54) is 4.90 Å². The van der Waals surface area contributed by atoms with Crippen LogP contribution in [0.25, 0.3) is 5.52 Å². The number of nitrogens with zero attached hydrogens (tertiary/aromatic N) is 2. The fourth-order valence-electron chi connectivity index (χ4n) is 3.99. The lowest BCUT2D eigenvalue weighted by molar-refractivity contribution is -0.124. The predicted octanol–water partition coefficient (Wildman–Crippen LogP) is 2.26. The van der Waals surface area contributed by atoms with Crippen LogP contribution in [0.3, 0.4) is 0 Å². The van der Waals surface area contributed by atoms with E-state index in [4.69, 9.17) is 0 Å². The maximum absolute atomic E-state index is 12.7. The minimum atomic E-state index is -0.497. The summed E-state index contributed by atoms with van der Waals surface area (Å²) in [7, 11) is 0. The van der Waals surface area contributed by atoms with Gasteiger partial charge in [0.1, 0.15) is 5.82 Å². The van der Waals surface area contributed by atoms with Crippen molar-refractivity contribution in [2.75, 3.05) is 18.8 Å². The Labute approximate surface area is 146 Å². The van der Waals surface area contributed by atoms with Gasteiger partial charge in [0.05, 0.1) is 17.3 Å². The van der Waals surface area contributed by atoms with Crippen LogP contribution in [-0.2, 0) is 10.3 Å². The molecular weight excluding hydrogens is 320 g/mol. The zero-order valence-corrected chi connectivity index (χ0v) is 15.2. The number of pyridine rings is 1. The van der Waals surface area contributed by atoms with Crippen molar-refractivity contribution >= 4 is 23.2 Å². The number of piperidine rings is 1. The van der Waals surface area contributed by atoms with Crippen molar-refractivity contribution < 1.29 is 4.79 Å². The predicted molar refractivity (Wildman–Crippen MR) is 96.1 cm³/mol. The lowest BCUT2D eigenvalue weighted by Crippen LogP contribution is -2.44. The number of hydrogen-bond acceptors (Lipinski definition) is 4. The highest BCUT2D eigenvalue weighted by molar-refractivity contribution is 7.99. The summed E-state index contributed by atoms with van der Waals surface area (Å²) in [6, 6.07) is 4.17. The molecule has 24 heavy (non-hydrogen) atoms. The summed E-state index contributed by atoms with van der Waals surface area (Å²) < 4.78 is 2.10. The van der Waals surface area contributed by atoms with E-state index in [9.17, 15) is 4.79 Å². The Morgan fingerprint density at radius 3 is 2.92 bits per heavy atom. The molecule has 2 N–H and O–H groups in total. The summed E-state index contributed by atoms with van der Waals surface area (Å²) in [6.07, 6.45) is 3.94. The highest BCUT2D eigenvalue weighted by Crippen LogP contribution is 2.49. The summed E-state index contributed by atoms with van der Waals surface area (Å²) in [5.41, 5.74) is 0.609. The number of thioether (sulfide) groups is 1. The minimum absolute atomic E-state index is 0.173. The fraction of sp³-hybridized carbons (Fsp3) is 0.556. The highest BCUT2D eigenvalue weighted by atomic mass is 32.2. The Hall–Kier alpha value is -1.53. The molecular formula is C18H24N4OS. The maximum Gasteiger partial charge on any atom is 0.224 e. The first-order valence-electron chi connectivity index (χ1n) is 8.65. The third-order valence-electron chi connectivity index (χ3n) is 5.22. The number of imidazole rings is 1. The van der Waals surface area contributed by atoms with E-state index < -0.39 is 5.54 Å². The molecule has 2 fully saturated rings. The molecule has 2 aliphatic rings. The average Bonchev–Trinajstić information content (AvgIpc) is 2.91. The van der Waals surface area contributed by atoms with Crippen molar-refractivity contribution in [1.29, 1.82) is 0 Å². The van der Waals surface area contributed by atoms with Crippen LogP contribution in [-0.4, -0.2) is 34.1 Å². The van der Waals surface area contributed by atoms with Gasteiger partial charge in [-0.15, -0.1) is 11.8 Å². The quantitative estimate of drug-likeness (QED) is 0.817. The lowest BCUT2D eigenvalue weighted by atomic mass is 10.0. The number of fused-ring (bicyclic) bond motifs is 2. The van der Waals surface area contributed by atoms with E-state index in [0.717, 1.165) is 30.2 Å². The van der Waals surface area contributed by atoms with E-state index in [-0.39, 0.29) is 11.8 Å². The number of aromatic nitrogens is 2. The first-order valence-corrected chi connectivity index (χ1v) is 9.63. The van der Waals surface area contributed by atoms with Crippen molar-refractivity contribution in [3.05, 3.63) is 30.4 Å².